The molecule has 0 amide bonds. The summed E-state index contributed by atoms with van der Waals surface area (Å²) in [5, 5.41) is 0. The molecular formula is C21H26O. The zero-order valence-corrected chi connectivity index (χ0v) is 13.9. The lowest BCUT2D eigenvalue weighted by Gasteiger charge is -2.13. The molecule has 2 aromatic carbocycles. The second-order valence-corrected chi connectivity index (χ2v) is 5.70. The molecule has 0 atom stereocenters. The van der Waals surface area contributed by atoms with Crippen molar-refractivity contribution in [3.63, 3.8) is 0 Å². The van der Waals surface area contributed by atoms with Crippen molar-refractivity contribution in [1.82, 2.24) is 0 Å². The normalized spacial score (nSPS) is 11.0. The van der Waals surface area contributed by atoms with Crippen LogP contribution < -0.4 is 4.74 Å². The summed E-state index contributed by atoms with van der Waals surface area (Å²) in [5.74, 6) is 1.02. The largest absolute Gasteiger partial charge is 0.493 e. The lowest BCUT2D eigenvalue weighted by atomic mass is 10.0. The van der Waals surface area contributed by atoms with Crippen LogP contribution >= 0.6 is 0 Å². The van der Waals surface area contributed by atoms with Gasteiger partial charge in [0.15, 0.2) is 0 Å². The van der Waals surface area contributed by atoms with E-state index in [4.69, 9.17) is 4.74 Å². The second-order valence-electron chi connectivity index (χ2n) is 5.70. The molecule has 2 aromatic rings. The summed E-state index contributed by atoms with van der Waals surface area (Å²) >= 11 is 0. The highest BCUT2D eigenvalue weighted by atomic mass is 16.5. The predicted molar refractivity (Wildman–Crippen MR) is 96.3 cm³/mol. The van der Waals surface area contributed by atoms with Crippen LogP contribution in [0.5, 0.6) is 5.75 Å². The van der Waals surface area contributed by atoms with Crippen molar-refractivity contribution in [2.75, 3.05) is 6.61 Å². The molecule has 1 heteroatoms. The molecule has 0 bridgehead atoms. The molecule has 0 aliphatic heterocycles. The van der Waals surface area contributed by atoms with E-state index in [1.807, 2.05) is 6.07 Å². The Morgan fingerprint density at radius 1 is 0.864 bits per heavy atom. The van der Waals surface area contributed by atoms with Crippen LogP contribution in [-0.2, 0) is 0 Å². The van der Waals surface area contributed by atoms with Gasteiger partial charge in [0, 0.05) is 0 Å². The molecule has 0 aliphatic carbocycles. The van der Waals surface area contributed by atoms with Crippen molar-refractivity contribution >= 4 is 12.2 Å². The second kappa shape index (κ2) is 8.43. The summed E-state index contributed by atoms with van der Waals surface area (Å²) in [7, 11) is 0. The first-order valence-corrected chi connectivity index (χ1v) is 8.18. The van der Waals surface area contributed by atoms with E-state index < -0.39 is 0 Å². The fourth-order valence-corrected chi connectivity index (χ4v) is 2.44. The Kier molecular flexibility index (Phi) is 6.27. The molecule has 116 valence electrons. The summed E-state index contributed by atoms with van der Waals surface area (Å²) in [6.45, 7) is 7.33. The van der Waals surface area contributed by atoms with Crippen LogP contribution in [0.1, 0.15) is 48.4 Å². The van der Waals surface area contributed by atoms with E-state index in [2.05, 4.69) is 69.3 Å². The van der Waals surface area contributed by atoms with Crippen molar-refractivity contribution in [2.24, 2.45) is 0 Å². The van der Waals surface area contributed by atoms with Gasteiger partial charge in [-0.3, -0.25) is 0 Å². The van der Waals surface area contributed by atoms with Crippen LogP contribution in [0.2, 0.25) is 0 Å². The van der Waals surface area contributed by atoms with Gasteiger partial charge in [-0.15, -0.1) is 0 Å². The predicted octanol–water partition coefficient (Wildman–Crippen LogP) is 6.04. The molecule has 0 saturated carbocycles. The van der Waals surface area contributed by atoms with Crippen molar-refractivity contribution in [3.05, 3.63) is 64.7 Å². The number of hydrogen-bond acceptors (Lipinski definition) is 1. The van der Waals surface area contributed by atoms with Crippen LogP contribution in [0.15, 0.2) is 42.5 Å². The fraction of sp³-hybridized carbons (Fsp3) is 0.333. The Hall–Kier alpha value is -2.02. The maximum absolute atomic E-state index is 5.91. The maximum Gasteiger partial charge on any atom is 0.122 e. The van der Waals surface area contributed by atoms with Crippen LogP contribution in [0.3, 0.4) is 0 Å². The Morgan fingerprint density at radius 2 is 1.64 bits per heavy atom. The average Bonchev–Trinajstić information content (AvgIpc) is 2.55. The molecule has 2 rings (SSSR count). The van der Waals surface area contributed by atoms with E-state index in [0.29, 0.717) is 0 Å². The molecular weight excluding hydrogens is 268 g/mol. The quantitative estimate of drug-likeness (QED) is 0.446. The molecule has 0 aromatic heterocycles. The molecule has 0 radical (unpaired) electrons. The zero-order valence-electron chi connectivity index (χ0n) is 13.9. The van der Waals surface area contributed by atoms with Crippen molar-refractivity contribution in [3.8, 4) is 5.75 Å². The number of benzene rings is 2. The van der Waals surface area contributed by atoms with Gasteiger partial charge < -0.3 is 4.74 Å². The van der Waals surface area contributed by atoms with E-state index in [-0.39, 0.29) is 0 Å². The third-order valence-corrected chi connectivity index (χ3v) is 4.04. The maximum atomic E-state index is 5.91. The SMILES string of the molecule is CCCCCOc1ccc(C=Cc2ccccc2)c(C)c1C. The Balaban J connectivity index is 2.08. The van der Waals surface area contributed by atoms with Gasteiger partial charge in [0.1, 0.15) is 5.75 Å². The summed E-state index contributed by atoms with van der Waals surface area (Å²) in [5.41, 5.74) is 5.01. The molecule has 0 saturated heterocycles. The molecule has 0 N–H and O–H groups in total. The number of unbranched alkanes of at least 4 members (excludes halogenated alkanes) is 2. The zero-order chi connectivity index (χ0) is 15.8. The van der Waals surface area contributed by atoms with Gasteiger partial charge in [-0.25, -0.2) is 0 Å². The van der Waals surface area contributed by atoms with Gasteiger partial charge in [0.05, 0.1) is 6.61 Å². The molecule has 0 unspecified atom stereocenters. The number of hydrogen-bond donors (Lipinski definition) is 0. The summed E-state index contributed by atoms with van der Waals surface area (Å²) in [6.07, 6.45) is 7.92. The van der Waals surface area contributed by atoms with E-state index >= 15 is 0 Å². The van der Waals surface area contributed by atoms with Gasteiger partial charge in [-0.2, -0.15) is 0 Å². The Labute approximate surface area is 134 Å². The molecule has 1 nitrogen and oxygen atoms in total. The minimum atomic E-state index is 0.813. The van der Waals surface area contributed by atoms with Crippen molar-refractivity contribution < 1.29 is 4.74 Å². The molecule has 0 spiro atoms. The topological polar surface area (TPSA) is 9.23 Å². The van der Waals surface area contributed by atoms with Crippen molar-refractivity contribution in [2.45, 2.75) is 40.0 Å². The van der Waals surface area contributed by atoms with Gasteiger partial charge in [-0.1, -0.05) is 68.3 Å². The summed E-state index contributed by atoms with van der Waals surface area (Å²) in [4.78, 5) is 0. The van der Waals surface area contributed by atoms with Crippen LogP contribution in [0, 0.1) is 13.8 Å². The van der Waals surface area contributed by atoms with Crippen LogP contribution in [0.25, 0.3) is 12.2 Å². The highest BCUT2D eigenvalue weighted by molar-refractivity contribution is 5.72. The minimum Gasteiger partial charge on any atom is -0.493 e. The molecule has 0 aliphatic rings. The Bertz CT molecular complexity index is 611. The lowest BCUT2D eigenvalue weighted by molar-refractivity contribution is 0.304. The lowest BCUT2D eigenvalue weighted by Crippen LogP contribution is -2.00. The number of ether oxygens (including phenoxy) is 1. The van der Waals surface area contributed by atoms with E-state index in [1.165, 1.54) is 35.1 Å². The highest BCUT2D eigenvalue weighted by Gasteiger charge is 2.05. The molecule has 0 heterocycles. The molecule has 0 fully saturated rings. The third kappa shape index (κ3) is 4.49. The van der Waals surface area contributed by atoms with Gasteiger partial charge in [-0.05, 0) is 48.6 Å². The van der Waals surface area contributed by atoms with Crippen molar-refractivity contribution in [1.29, 1.82) is 0 Å². The monoisotopic (exact) mass is 294 g/mol. The van der Waals surface area contributed by atoms with Gasteiger partial charge in [0.2, 0.25) is 0 Å². The first-order valence-electron chi connectivity index (χ1n) is 8.18. The smallest absolute Gasteiger partial charge is 0.122 e. The van der Waals surface area contributed by atoms with Crippen LogP contribution in [0.4, 0.5) is 0 Å². The number of rotatable bonds is 7. The highest BCUT2D eigenvalue weighted by Crippen LogP contribution is 2.26. The Morgan fingerprint density at radius 3 is 2.36 bits per heavy atom. The first kappa shape index (κ1) is 16.4. The molecule has 22 heavy (non-hydrogen) atoms. The van der Waals surface area contributed by atoms with Gasteiger partial charge >= 0.3 is 0 Å². The average molecular weight is 294 g/mol. The third-order valence-electron chi connectivity index (χ3n) is 4.04. The standard InChI is InChI=1S/C21H26O/c1-4-5-9-16-22-21-15-14-20(17(2)18(21)3)13-12-19-10-7-6-8-11-19/h6-8,10-15H,4-5,9,16H2,1-3H3. The van der Waals surface area contributed by atoms with E-state index in [0.717, 1.165) is 18.8 Å². The summed E-state index contributed by atoms with van der Waals surface area (Å²) in [6, 6.07) is 14.6. The van der Waals surface area contributed by atoms with Gasteiger partial charge in [0.25, 0.3) is 0 Å². The van der Waals surface area contributed by atoms with E-state index in [1.54, 1.807) is 0 Å². The fourth-order valence-electron chi connectivity index (χ4n) is 2.44. The van der Waals surface area contributed by atoms with Crippen LogP contribution in [-0.4, -0.2) is 6.61 Å². The first-order chi connectivity index (χ1) is 10.7. The van der Waals surface area contributed by atoms with E-state index in [9.17, 15) is 0 Å². The minimum absolute atomic E-state index is 0.813. The summed E-state index contributed by atoms with van der Waals surface area (Å²) < 4.78 is 5.91.